The summed E-state index contributed by atoms with van der Waals surface area (Å²) in [6.45, 7) is 6.37. The Morgan fingerprint density at radius 1 is 1.19 bits per heavy atom. The largest absolute Gasteiger partial charge is 0.495 e. The van der Waals surface area contributed by atoms with Gasteiger partial charge in [0, 0.05) is 10.8 Å². The smallest absolute Gasteiger partial charge is 0.149 e. The quantitative estimate of drug-likeness (QED) is 0.654. The highest BCUT2D eigenvalue weighted by Crippen LogP contribution is 2.46. The molecular weight excluding hydrogens is 285 g/mol. The highest BCUT2D eigenvalue weighted by Gasteiger charge is 2.25. The lowest BCUT2D eigenvalue weighted by molar-refractivity contribution is 0.401. The molecule has 0 amide bonds. The van der Waals surface area contributed by atoms with E-state index in [0.717, 1.165) is 4.90 Å². The van der Waals surface area contributed by atoms with Crippen molar-refractivity contribution in [2.45, 2.75) is 30.4 Å². The Labute approximate surface area is 129 Å². The molecule has 0 aliphatic heterocycles. The van der Waals surface area contributed by atoms with Gasteiger partial charge in [-0.05, 0) is 38.0 Å². The molecule has 21 heavy (non-hydrogen) atoms. The molecule has 0 fully saturated rings. The van der Waals surface area contributed by atoms with Gasteiger partial charge in [0.15, 0.2) is 0 Å². The van der Waals surface area contributed by atoms with E-state index in [9.17, 15) is 4.39 Å². The van der Waals surface area contributed by atoms with Gasteiger partial charge in [-0.3, -0.25) is 0 Å². The molecule has 2 aromatic rings. The minimum Gasteiger partial charge on any atom is -0.495 e. The number of nitrogen functional groups attached to an aromatic ring is 1. The molecular formula is C17H20FNOS. The third-order valence-electron chi connectivity index (χ3n) is 3.44. The normalized spacial score (nSPS) is 11.5. The zero-order chi connectivity index (χ0) is 15.6. The molecule has 0 radical (unpaired) electrons. The summed E-state index contributed by atoms with van der Waals surface area (Å²) in [6.07, 6.45) is 0. The molecule has 0 saturated carbocycles. The molecule has 0 aliphatic carbocycles. The number of nitrogens with two attached hydrogens (primary N) is 1. The number of thioether (sulfide) groups is 1. The molecule has 0 saturated heterocycles. The van der Waals surface area contributed by atoms with E-state index in [1.165, 1.54) is 24.3 Å². The summed E-state index contributed by atoms with van der Waals surface area (Å²) in [5.41, 5.74) is 8.29. The third-order valence-corrected chi connectivity index (χ3v) is 4.71. The van der Waals surface area contributed by atoms with Crippen LogP contribution in [0, 0.1) is 12.7 Å². The molecule has 0 aromatic heterocycles. The fraction of sp³-hybridized carbons (Fsp3) is 0.294. The molecule has 0 spiro atoms. The van der Waals surface area contributed by atoms with E-state index >= 15 is 0 Å². The van der Waals surface area contributed by atoms with Gasteiger partial charge in [-0.15, -0.1) is 11.8 Å². The molecule has 2 nitrogen and oxygen atoms in total. The van der Waals surface area contributed by atoms with E-state index in [2.05, 4.69) is 32.9 Å². The molecule has 0 bridgehead atoms. The van der Waals surface area contributed by atoms with E-state index in [4.69, 9.17) is 10.5 Å². The molecule has 0 atom stereocenters. The molecule has 2 rings (SSSR count). The van der Waals surface area contributed by atoms with Crippen molar-refractivity contribution >= 4 is 17.4 Å². The summed E-state index contributed by atoms with van der Waals surface area (Å²) < 4.78 is 18.7. The maximum atomic E-state index is 13.6. The predicted octanol–water partition coefficient (Wildman–Crippen LogP) is 4.75. The molecule has 0 aliphatic rings. The molecule has 0 unspecified atom stereocenters. The SMILES string of the molecule is COc1cc(F)c(N)cc1SC(C)(C)c1ccccc1C. The van der Waals surface area contributed by atoms with Crippen LogP contribution in [0.2, 0.25) is 0 Å². The molecule has 4 heteroatoms. The minimum absolute atomic E-state index is 0.138. The average molecular weight is 305 g/mol. The Balaban J connectivity index is 2.41. The minimum atomic E-state index is -0.454. The van der Waals surface area contributed by atoms with Crippen LogP contribution in [0.15, 0.2) is 41.3 Å². The lowest BCUT2D eigenvalue weighted by Crippen LogP contribution is -2.14. The predicted molar refractivity (Wildman–Crippen MR) is 87.4 cm³/mol. The first kappa shape index (κ1) is 15.7. The number of ether oxygens (including phenoxy) is 1. The maximum absolute atomic E-state index is 13.6. The van der Waals surface area contributed by atoms with Gasteiger partial charge in [-0.25, -0.2) is 4.39 Å². The average Bonchev–Trinajstić information content (AvgIpc) is 2.42. The van der Waals surface area contributed by atoms with Crippen LogP contribution in [0.4, 0.5) is 10.1 Å². The van der Waals surface area contributed by atoms with Crippen LogP contribution < -0.4 is 10.5 Å². The first-order valence-corrected chi connectivity index (χ1v) is 7.55. The summed E-state index contributed by atoms with van der Waals surface area (Å²) in [5, 5.41) is 0. The van der Waals surface area contributed by atoms with Crippen LogP contribution in [0.1, 0.15) is 25.0 Å². The third kappa shape index (κ3) is 3.32. The van der Waals surface area contributed by atoms with Crippen LogP contribution in [0.25, 0.3) is 0 Å². The van der Waals surface area contributed by atoms with Crippen LogP contribution in [-0.4, -0.2) is 7.11 Å². The molecule has 2 aromatic carbocycles. The lowest BCUT2D eigenvalue weighted by Gasteiger charge is -2.27. The van der Waals surface area contributed by atoms with E-state index in [-0.39, 0.29) is 10.4 Å². The Morgan fingerprint density at radius 2 is 1.86 bits per heavy atom. The van der Waals surface area contributed by atoms with Crippen LogP contribution in [0.3, 0.4) is 0 Å². The second-order valence-electron chi connectivity index (χ2n) is 5.45. The topological polar surface area (TPSA) is 35.2 Å². The fourth-order valence-electron chi connectivity index (χ4n) is 2.37. The highest BCUT2D eigenvalue weighted by molar-refractivity contribution is 8.00. The summed E-state index contributed by atoms with van der Waals surface area (Å²) in [5.74, 6) is 0.0539. The second kappa shape index (κ2) is 5.98. The first-order valence-electron chi connectivity index (χ1n) is 6.73. The number of rotatable bonds is 4. The zero-order valence-electron chi connectivity index (χ0n) is 12.7. The van der Waals surface area contributed by atoms with E-state index in [1.807, 2.05) is 12.1 Å². The number of aryl methyl sites for hydroxylation is 1. The van der Waals surface area contributed by atoms with Crippen molar-refractivity contribution in [1.82, 2.24) is 0 Å². The Hall–Kier alpha value is -1.68. The standard InChI is InChI=1S/C17H20FNOS/c1-11-7-5-6-8-12(11)17(2,3)21-16-10-14(19)13(18)9-15(16)20-4/h5-10H,19H2,1-4H3. The molecule has 112 valence electrons. The van der Waals surface area contributed by atoms with E-state index < -0.39 is 5.82 Å². The van der Waals surface area contributed by atoms with Gasteiger partial charge in [0.1, 0.15) is 11.6 Å². The van der Waals surface area contributed by atoms with Gasteiger partial charge in [0.2, 0.25) is 0 Å². The lowest BCUT2D eigenvalue weighted by atomic mass is 9.97. The van der Waals surface area contributed by atoms with Gasteiger partial charge in [0.05, 0.1) is 17.7 Å². The van der Waals surface area contributed by atoms with Crippen LogP contribution in [-0.2, 0) is 4.75 Å². The van der Waals surface area contributed by atoms with E-state index in [0.29, 0.717) is 5.75 Å². The Kier molecular flexibility index (Phi) is 4.47. The number of hydrogen-bond acceptors (Lipinski definition) is 3. The number of benzene rings is 2. The second-order valence-corrected chi connectivity index (χ2v) is 7.12. The van der Waals surface area contributed by atoms with Crippen molar-refractivity contribution in [3.63, 3.8) is 0 Å². The van der Waals surface area contributed by atoms with Crippen LogP contribution in [0.5, 0.6) is 5.75 Å². The molecule has 2 N–H and O–H groups in total. The summed E-state index contributed by atoms with van der Waals surface area (Å²) in [7, 11) is 1.54. The van der Waals surface area contributed by atoms with Crippen molar-refractivity contribution in [3.05, 3.63) is 53.3 Å². The summed E-state index contributed by atoms with van der Waals surface area (Å²) in [4.78, 5) is 0.838. The van der Waals surface area contributed by atoms with Gasteiger partial charge in [0.25, 0.3) is 0 Å². The molecule has 0 heterocycles. The van der Waals surface area contributed by atoms with Gasteiger partial charge >= 0.3 is 0 Å². The summed E-state index contributed by atoms with van der Waals surface area (Å²) >= 11 is 1.62. The Bertz CT molecular complexity index is 655. The Morgan fingerprint density at radius 3 is 2.48 bits per heavy atom. The highest BCUT2D eigenvalue weighted by atomic mass is 32.2. The number of hydrogen-bond donors (Lipinski definition) is 1. The van der Waals surface area contributed by atoms with Crippen molar-refractivity contribution in [2.24, 2.45) is 0 Å². The van der Waals surface area contributed by atoms with Gasteiger partial charge in [-0.2, -0.15) is 0 Å². The summed E-state index contributed by atoms with van der Waals surface area (Å²) in [6, 6.07) is 11.2. The monoisotopic (exact) mass is 305 g/mol. The maximum Gasteiger partial charge on any atom is 0.149 e. The van der Waals surface area contributed by atoms with Gasteiger partial charge in [-0.1, -0.05) is 24.3 Å². The fourth-order valence-corrected chi connectivity index (χ4v) is 3.69. The van der Waals surface area contributed by atoms with Gasteiger partial charge < -0.3 is 10.5 Å². The van der Waals surface area contributed by atoms with E-state index in [1.54, 1.807) is 17.8 Å². The van der Waals surface area contributed by atoms with Crippen molar-refractivity contribution in [3.8, 4) is 5.75 Å². The zero-order valence-corrected chi connectivity index (χ0v) is 13.6. The number of methoxy groups -OCH3 is 1. The first-order chi connectivity index (χ1) is 9.85. The van der Waals surface area contributed by atoms with Crippen molar-refractivity contribution in [2.75, 3.05) is 12.8 Å². The number of halogens is 1. The number of anilines is 1. The van der Waals surface area contributed by atoms with Crippen molar-refractivity contribution < 1.29 is 9.13 Å². The van der Waals surface area contributed by atoms with Crippen molar-refractivity contribution in [1.29, 1.82) is 0 Å². The van der Waals surface area contributed by atoms with Crippen LogP contribution >= 0.6 is 11.8 Å².